The molecular formula is C31H24N2O8S. The molecular weight excluding hydrogens is 560 g/mol. The summed E-state index contributed by atoms with van der Waals surface area (Å²) < 4.78 is 39.9. The molecule has 0 saturated carbocycles. The average Bonchev–Trinajstić information content (AvgIpc) is 3.37. The van der Waals surface area contributed by atoms with Gasteiger partial charge in [0.2, 0.25) is 0 Å². The van der Waals surface area contributed by atoms with E-state index in [4.69, 9.17) is 9.15 Å². The smallest absolute Gasteiger partial charge is 0.342 e. The second kappa shape index (κ2) is 11.3. The number of nitro groups is 1. The Morgan fingerprint density at radius 1 is 0.929 bits per heavy atom. The number of non-ortho nitro benzene ring substituents is 1. The first kappa shape index (κ1) is 28.2. The van der Waals surface area contributed by atoms with Crippen LogP contribution in [0.1, 0.15) is 33.2 Å². The quantitative estimate of drug-likeness (QED) is 0.114. The molecule has 10 nitrogen and oxygen atoms in total. The first-order valence-electron chi connectivity index (χ1n) is 12.8. The van der Waals surface area contributed by atoms with Crippen molar-refractivity contribution < 1.29 is 32.1 Å². The van der Waals surface area contributed by atoms with Crippen LogP contribution in [0.2, 0.25) is 0 Å². The van der Waals surface area contributed by atoms with Crippen LogP contribution in [0.4, 0.5) is 11.4 Å². The van der Waals surface area contributed by atoms with Gasteiger partial charge >= 0.3 is 5.97 Å². The van der Waals surface area contributed by atoms with Gasteiger partial charge in [-0.25, -0.2) is 13.2 Å². The Kier molecular flexibility index (Phi) is 7.60. The van der Waals surface area contributed by atoms with Crippen LogP contribution in [-0.4, -0.2) is 31.8 Å². The van der Waals surface area contributed by atoms with Gasteiger partial charge in [-0.2, -0.15) is 4.31 Å². The Morgan fingerprint density at radius 2 is 1.60 bits per heavy atom. The molecule has 212 valence electrons. The first-order valence-corrected chi connectivity index (χ1v) is 14.3. The zero-order chi connectivity index (χ0) is 30.0. The molecule has 0 N–H and O–H groups in total. The number of aryl methyl sites for hydroxylation is 1. The number of fused-ring (bicyclic) bond motifs is 1. The van der Waals surface area contributed by atoms with E-state index in [9.17, 15) is 28.1 Å². The molecule has 0 atom stereocenters. The summed E-state index contributed by atoms with van der Waals surface area (Å²) in [7, 11) is -4.50. The standard InChI is InChI=1S/C31H24N2O8S/c1-3-40-31(35)28-26-19-24(15-18-27(26)41-29(28)21-7-5-4-6-8-21)32(42(38,39)25-16-9-20(2)10-17-25)30(34)22-11-13-23(14-12-22)33(36)37/h4-19H,3H2,1-2H3. The van der Waals surface area contributed by atoms with Gasteiger partial charge in [0.15, 0.2) is 0 Å². The fourth-order valence-corrected chi connectivity index (χ4v) is 5.84. The molecule has 1 amide bonds. The molecule has 0 spiro atoms. The number of nitro benzene ring substituents is 1. The largest absolute Gasteiger partial charge is 0.462 e. The Labute approximate surface area is 241 Å². The van der Waals surface area contributed by atoms with Crippen molar-refractivity contribution in [3.05, 3.63) is 124 Å². The predicted molar refractivity (Wildman–Crippen MR) is 156 cm³/mol. The predicted octanol–water partition coefficient (Wildman–Crippen LogP) is 6.53. The lowest BCUT2D eigenvalue weighted by Crippen LogP contribution is -2.37. The molecule has 0 radical (unpaired) electrons. The number of sulfonamides is 1. The molecule has 11 heteroatoms. The molecule has 1 heterocycles. The first-order chi connectivity index (χ1) is 20.1. The third kappa shape index (κ3) is 5.25. The second-order valence-electron chi connectivity index (χ2n) is 9.26. The molecule has 0 bridgehead atoms. The Hall–Kier alpha value is -5.29. The van der Waals surface area contributed by atoms with Gasteiger partial charge in [-0.05, 0) is 56.3 Å². The van der Waals surface area contributed by atoms with Gasteiger partial charge in [-0.3, -0.25) is 14.9 Å². The zero-order valence-corrected chi connectivity index (χ0v) is 23.3. The molecule has 5 rings (SSSR count). The summed E-state index contributed by atoms with van der Waals surface area (Å²) in [5.74, 6) is -1.40. The van der Waals surface area contributed by atoms with Crippen LogP contribution in [0, 0.1) is 17.0 Å². The van der Waals surface area contributed by atoms with E-state index in [0.29, 0.717) is 9.87 Å². The lowest BCUT2D eigenvalue weighted by molar-refractivity contribution is -0.384. The van der Waals surface area contributed by atoms with Crippen LogP contribution in [0.5, 0.6) is 0 Å². The van der Waals surface area contributed by atoms with E-state index in [1.165, 1.54) is 42.5 Å². The summed E-state index contributed by atoms with van der Waals surface area (Å²) >= 11 is 0. The molecule has 0 aliphatic heterocycles. The summed E-state index contributed by atoms with van der Waals surface area (Å²) in [5.41, 5.74) is 1.34. The van der Waals surface area contributed by atoms with Gasteiger partial charge in [0.1, 0.15) is 16.9 Å². The Balaban J connectivity index is 1.73. The van der Waals surface area contributed by atoms with E-state index >= 15 is 0 Å². The number of anilines is 1. The van der Waals surface area contributed by atoms with Gasteiger partial charge < -0.3 is 9.15 Å². The maximum atomic E-state index is 14.0. The van der Waals surface area contributed by atoms with Crippen molar-refractivity contribution in [3.8, 4) is 11.3 Å². The maximum absolute atomic E-state index is 14.0. The minimum Gasteiger partial charge on any atom is -0.462 e. The minimum atomic E-state index is -4.50. The van der Waals surface area contributed by atoms with Gasteiger partial charge in [-0.15, -0.1) is 0 Å². The molecule has 42 heavy (non-hydrogen) atoms. The van der Waals surface area contributed by atoms with Crippen LogP contribution >= 0.6 is 0 Å². The van der Waals surface area contributed by atoms with Gasteiger partial charge in [-0.1, -0.05) is 48.0 Å². The SMILES string of the molecule is CCOC(=O)c1c(-c2ccccc2)oc2ccc(N(C(=O)c3ccc([N+](=O)[O-])cc3)S(=O)(=O)c3ccc(C)cc3)cc12. The van der Waals surface area contributed by atoms with Crippen LogP contribution in [-0.2, 0) is 14.8 Å². The number of nitrogens with zero attached hydrogens (tertiary/aromatic N) is 2. The molecule has 0 unspecified atom stereocenters. The zero-order valence-electron chi connectivity index (χ0n) is 22.5. The third-order valence-corrected chi connectivity index (χ3v) is 8.22. The number of hydrogen-bond donors (Lipinski definition) is 0. The van der Waals surface area contributed by atoms with Crippen molar-refractivity contribution in [2.75, 3.05) is 10.9 Å². The lowest BCUT2D eigenvalue weighted by atomic mass is 10.1. The normalized spacial score (nSPS) is 11.3. The summed E-state index contributed by atoms with van der Waals surface area (Å²) in [4.78, 5) is 37.4. The van der Waals surface area contributed by atoms with Crippen LogP contribution in [0.15, 0.2) is 106 Å². The van der Waals surface area contributed by atoms with Crippen LogP contribution < -0.4 is 4.31 Å². The highest BCUT2D eigenvalue weighted by Crippen LogP contribution is 2.37. The van der Waals surface area contributed by atoms with Gasteiger partial charge in [0, 0.05) is 28.6 Å². The monoisotopic (exact) mass is 584 g/mol. The molecule has 0 saturated heterocycles. The topological polar surface area (TPSA) is 137 Å². The Morgan fingerprint density at radius 3 is 2.21 bits per heavy atom. The molecule has 5 aromatic rings. The number of carbonyl (C=O) groups is 2. The molecule has 0 aliphatic rings. The number of rotatable bonds is 8. The van der Waals surface area contributed by atoms with Gasteiger partial charge in [0.25, 0.3) is 21.6 Å². The maximum Gasteiger partial charge on any atom is 0.342 e. The van der Waals surface area contributed by atoms with Crippen molar-refractivity contribution in [2.45, 2.75) is 18.7 Å². The van der Waals surface area contributed by atoms with E-state index in [1.807, 2.05) is 6.07 Å². The van der Waals surface area contributed by atoms with E-state index in [2.05, 4.69) is 0 Å². The summed E-state index contributed by atoms with van der Waals surface area (Å²) in [6.07, 6.45) is 0. The van der Waals surface area contributed by atoms with Crippen LogP contribution in [0.25, 0.3) is 22.3 Å². The lowest BCUT2D eigenvalue weighted by Gasteiger charge is -2.23. The number of furan rings is 1. The average molecular weight is 585 g/mol. The summed E-state index contributed by atoms with van der Waals surface area (Å²) in [5, 5.41) is 11.4. The minimum absolute atomic E-state index is 0.0719. The number of hydrogen-bond acceptors (Lipinski definition) is 8. The fraction of sp³-hybridized carbons (Fsp3) is 0.0968. The molecule has 0 fully saturated rings. The number of benzene rings is 4. The molecule has 4 aromatic carbocycles. The van der Waals surface area contributed by atoms with Crippen molar-refractivity contribution in [1.82, 2.24) is 0 Å². The van der Waals surface area contributed by atoms with E-state index in [0.717, 1.165) is 17.7 Å². The van der Waals surface area contributed by atoms with E-state index < -0.39 is 26.8 Å². The summed E-state index contributed by atoms with van der Waals surface area (Å²) in [6.45, 7) is 3.54. The Bertz CT molecular complexity index is 1910. The highest BCUT2D eigenvalue weighted by molar-refractivity contribution is 7.93. The number of amides is 1. The fourth-order valence-electron chi connectivity index (χ4n) is 4.43. The third-order valence-electron chi connectivity index (χ3n) is 6.49. The van der Waals surface area contributed by atoms with E-state index in [-0.39, 0.29) is 50.7 Å². The number of ether oxygens (including phenoxy) is 1. The molecule has 1 aromatic heterocycles. The highest BCUT2D eigenvalue weighted by Gasteiger charge is 2.33. The van der Waals surface area contributed by atoms with Crippen LogP contribution in [0.3, 0.4) is 0 Å². The van der Waals surface area contributed by atoms with E-state index in [1.54, 1.807) is 50.2 Å². The van der Waals surface area contributed by atoms with Crippen molar-refractivity contribution in [2.24, 2.45) is 0 Å². The van der Waals surface area contributed by atoms with Crippen molar-refractivity contribution >= 4 is 44.2 Å². The number of carbonyl (C=O) groups excluding carboxylic acids is 2. The number of esters is 1. The van der Waals surface area contributed by atoms with Gasteiger partial charge in [0.05, 0.1) is 22.1 Å². The van der Waals surface area contributed by atoms with Crippen molar-refractivity contribution in [3.63, 3.8) is 0 Å². The molecule has 0 aliphatic carbocycles. The van der Waals surface area contributed by atoms with Crippen molar-refractivity contribution in [1.29, 1.82) is 0 Å². The second-order valence-corrected chi connectivity index (χ2v) is 11.1. The highest BCUT2D eigenvalue weighted by atomic mass is 32.2. The summed E-state index contributed by atoms with van der Waals surface area (Å²) in [6, 6.07) is 23.7.